The van der Waals surface area contributed by atoms with Crippen molar-refractivity contribution in [3.63, 3.8) is 0 Å². The summed E-state index contributed by atoms with van der Waals surface area (Å²) in [6, 6.07) is 12.9. The molecule has 4 rings (SSSR count). The number of carbonyl (C=O) groups excluding carboxylic acids is 1. The number of aryl methyl sites for hydroxylation is 1. The molecule has 3 aromatic rings. The number of fused-ring (bicyclic) bond motifs is 1. The van der Waals surface area contributed by atoms with Crippen molar-refractivity contribution in [2.75, 3.05) is 18.5 Å². The number of rotatable bonds is 5. The van der Waals surface area contributed by atoms with Gasteiger partial charge in [-0.1, -0.05) is 0 Å². The van der Waals surface area contributed by atoms with Crippen molar-refractivity contribution in [1.82, 2.24) is 9.78 Å². The maximum Gasteiger partial charge on any atom is 0.259 e. The monoisotopic (exact) mass is 392 g/mol. The molecule has 0 fully saturated rings. The molecule has 2 heterocycles. The van der Waals surface area contributed by atoms with Gasteiger partial charge >= 0.3 is 0 Å². The third kappa shape index (κ3) is 4.04. The highest BCUT2D eigenvalue weighted by Crippen LogP contribution is 2.35. The molecule has 1 aliphatic rings. The summed E-state index contributed by atoms with van der Waals surface area (Å²) in [5.41, 5.74) is 1.95. The Morgan fingerprint density at radius 1 is 1.17 bits per heavy atom. The normalized spacial score (nSPS) is 12.3. The van der Waals surface area contributed by atoms with Crippen LogP contribution in [0.4, 0.5) is 10.1 Å². The minimum absolute atomic E-state index is 0.265. The highest BCUT2D eigenvalue weighted by Gasteiger charge is 2.21. The number of hydrogen-bond donors (Lipinski definition) is 1. The van der Waals surface area contributed by atoms with Crippen molar-refractivity contribution < 1.29 is 18.7 Å². The molecule has 0 saturated carbocycles. The van der Waals surface area contributed by atoms with E-state index in [4.69, 9.17) is 14.7 Å². The van der Waals surface area contributed by atoms with Crippen LogP contribution < -0.4 is 14.8 Å². The number of nitriles is 1. The topological polar surface area (TPSA) is 89.2 Å². The van der Waals surface area contributed by atoms with Gasteiger partial charge in [0.15, 0.2) is 11.5 Å². The van der Waals surface area contributed by atoms with E-state index < -0.39 is 0 Å². The van der Waals surface area contributed by atoms with Crippen LogP contribution in [0.5, 0.6) is 11.5 Å². The van der Waals surface area contributed by atoms with Gasteiger partial charge in [-0.15, -0.1) is 0 Å². The highest BCUT2D eigenvalue weighted by molar-refractivity contribution is 6.08. The van der Waals surface area contributed by atoms with Crippen LogP contribution in [0.1, 0.15) is 16.8 Å². The fraction of sp³-hybridized carbons (Fsp3) is 0.190. The minimum atomic E-state index is -0.385. The predicted molar refractivity (Wildman–Crippen MR) is 103 cm³/mol. The first kappa shape index (κ1) is 18.5. The maximum absolute atomic E-state index is 13.1. The molecule has 146 valence electrons. The van der Waals surface area contributed by atoms with E-state index in [1.807, 2.05) is 0 Å². The average molecular weight is 392 g/mol. The first-order valence-electron chi connectivity index (χ1n) is 9.05. The number of carbonyl (C=O) groups is 1. The lowest BCUT2D eigenvalue weighted by Gasteiger charge is -2.18. The summed E-state index contributed by atoms with van der Waals surface area (Å²) in [6.07, 6.45) is 1.86. The zero-order valence-electron chi connectivity index (χ0n) is 15.4. The van der Waals surface area contributed by atoms with E-state index >= 15 is 0 Å². The molecule has 0 saturated heterocycles. The molecule has 0 aliphatic carbocycles. The number of benzene rings is 2. The van der Waals surface area contributed by atoms with Crippen molar-refractivity contribution in [3.8, 4) is 28.8 Å². The Labute approximate surface area is 166 Å². The highest BCUT2D eigenvalue weighted by atomic mass is 19.1. The molecular weight excluding hydrogens is 375 g/mol. The van der Waals surface area contributed by atoms with Gasteiger partial charge in [0, 0.05) is 17.4 Å². The number of nitrogens with one attached hydrogen (secondary N) is 1. The van der Waals surface area contributed by atoms with Crippen molar-refractivity contribution in [2.24, 2.45) is 0 Å². The quantitative estimate of drug-likeness (QED) is 0.716. The second-order valence-electron chi connectivity index (χ2n) is 6.38. The SMILES string of the molecule is N#CCCn1cc(C(=O)Nc2ccc(F)cc2)c(-c2ccc3c(c2)OCCO3)n1. The van der Waals surface area contributed by atoms with Gasteiger partial charge in [-0.05, 0) is 42.5 Å². The van der Waals surface area contributed by atoms with Crippen molar-refractivity contribution in [1.29, 1.82) is 5.26 Å². The van der Waals surface area contributed by atoms with E-state index in [0.717, 1.165) is 0 Å². The molecule has 29 heavy (non-hydrogen) atoms. The lowest BCUT2D eigenvalue weighted by molar-refractivity contribution is 0.102. The molecule has 0 unspecified atom stereocenters. The fourth-order valence-electron chi connectivity index (χ4n) is 3.00. The summed E-state index contributed by atoms with van der Waals surface area (Å²) in [4.78, 5) is 12.9. The van der Waals surface area contributed by atoms with Crippen LogP contribution >= 0.6 is 0 Å². The number of anilines is 1. The van der Waals surface area contributed by atoms with Gasteiger partial charge in [0.05, 0.1) is 24.6 Å². The van der Waals surface area contributed by atoms with E-state index in [2.05, 4.69) is 16.5 Å². The van der Waals surface area contributed by atoms with Gasteiger partial charge in [-0.3, -0.25) is 9.48 Å². The van der Waals surface area contributed by atoms with Crippen molar-refractivity contribution in [3.05, 3.63) is 60.0 Å². The largest absolute Gasteiger partial charge is 0.486 e. The maximum atomic E-state index is 13.1. The molecule has 0 bridgehead atoms. The van der Waals surface area contributed by atoms with Crippen LogP contribution in [0, 0.1) is 17.1 Å². The molecule has 1 N–H and O–H groups in total. The molecule has 1 aromatic heterocycles. The van der Waals surface area contributed by atoms with E-state index in [0.29, 0.717) is 53.8 Å². The third-order valence-electron chi connectivity index (χ3n) is 4.38. The van der Waals surface area contributed by atoms with Crippen molar-refractivity contribution in [2.45, 2.75) is 13.0 Å². The van der Waals surface area contributed by atoms with Gasteiger partial charge < -0.3 is 14.8 Å². The Morgan fingerprint density at radius 2 is 1.93 bits per heavy atom. The zero-order chi connectivity index (χ0) is 20.2. The molecular formula is C21H17FN4O3. The second kappa shape index (κ2) is 8.02. The molecule has 0 atom stereocenters. The van der Waals surface area contributed by atoms with E-state index in [1.165, 1.54) is 24.3 Å². The Balaban J connectivity index is 1.68. The van der Waals surface area contributed by atoms with Gasteiger partial charge in [0.1, 0.15) is 24.7 Å². The lowest BCUT2D eigenvalue weighted by atomic mass is 10.1. The van der Waals surface area contributed by atoms with Crippen molar-refractivity contribution >= 4 is 11.6 Å². The molecule has 0 radical (unpaired) electrons. The molecule has 1 amide bonds. The minimum Gasteiger partial charge on any atom is -0.486 e. The predicted octanol–water partition coefficient (Wildman–Crippen LogP) is 3.63. The number of aromatic nitrogens is 2. The summed E-state index contributed by atoms with van der Waals surface area (Å²) in [6.45, 7) is 1.29. The first-order valence-corrected chi connectivity index (χ1v) is 9.05. The number of hydrogen-bond acceptors (Lipinski definition) is 5. The molecule has 2 aromatic carbocycles. The Morgan fingerprint density at radius 3 is 2.69 bits per heavy atom. The third-order valence-corrected chi connectivity index (χ3v) is 4.38. The Bertz CT molecular complexity index is 1090. The van der Waals surface area contributed by atoms with Crippen LogP contribution in [0.3, 0.4) is 0 Å². The number of halogens is 1. The summed E-state index contributed by atoms with van der Waals surface area (Å²) >= 11 is 0. The summed E-state index contributed by atoms with van der Waals surface area (Å²) < 4.78 is 25.9. The van der Waals surface area contributed by atoms with Gasteiger partial charge in [0.2, 0.25) is 0 Å². The van der Waals surface area contributed by atoms with Crippen LogP contribution in [-0.2, 0) is 6.54 Å². The van der Waals surface area contributed by atoms with Crippen LogP contribution in [0.15, 0.2) is 48.7 Å². The molecule has 7 nitrogen and oxygen atoms in total. The summed E-state index contributed by atoms with van der Waals surface area (Å²) in [5.74, 6) is 0.459. The standard InChI is InChI=1S/C21H17FN4O3/c22-15-3-5-16(6-4-15)24-21(27)17-13-26(9-1-8-23)25-20(17)14-2-7-18-19(12-14)29-11-10-28-18/h2-7,12-13H,1,9-11H2,(H,24,27). The van der Waals surface area contributed by atoms with E-state index in [9.17, 15) is 9.18 Å². The van der Waals surface area contributed by atoms with Gasteiger partial charge in [-0.2, -0.15) is 10.4 Å². The lowest BCUT2D eigenvalue weighted by Crippen LogP contribution is -2.15. The smallest absolute Gasteiger partial charge is 0.259 e. The Hall–Kier alpha value is -3.86. The number of amides is 1. The van der Waals surface area contributed by atoms with Crippen LogP contribution in [-0.4, -0.2) is 28.9 Å². The van der Waals surface area contributed by atoms with Crippen LogP contribution in [0.25, 0.3) is 11.3 Å². The zero-order valence-corrected chi connectivity index (χ0v) is 15.4. The van der Waals surface area contributed by atoms with Gasteiger partial charge in [-0.25, -0.2) is 4.39 Å². The number of nitrogens with zero attached hydrogens (tertiary/aromatic N) is 3. The van der Waals surface area contributed by atoms with Gasteiger partial charge in [0.25, 0.3) is 5.91 Å². The second-order valence-corrected chi connectivity index (χ2v) is 6.38. The summed E-state index contributed by atoms with van der Waals surface area (Å²) in [7, 11) is 0. The fourth-order valence-corrected chi connectivity index (χ4v) is 3.00. The van der Waals surface area contributed by atoms with Crippen LogP contribution in [0.2, 0.25) is 0 Å². The Kier molecular flexibility index (Phi) is 5.12. The average Bonchev–Trinajstić information content (AvgIpc) is 3.18. The first-order chi connectivity index (χ1) is 14.1. The molecule has 8 heteroatoms. The number of ether oxygens (including phenoxy) is 2. The van der Waals surface area contributed by atoms with E-state index in [-0.39, 0.29) is 18.1 Å². The summed E-state index contributed by atoms with van der Waals surface area (Å²) in [5, 5.41) is 16.1. The van der Waals surface area contributed by atoms with E-state index in [1.54, 1.807) is 29.1 Å². The molecule has 0 spiro atoms. The molecule has 1 aliphatic heterocycles.